The predicted molar refractivity (Wildman–Crippen MR) is 136 cm³/mol. The molecule has 2 heterocycles. The Morgan fingerprint density at radius 3 is 2.34 bits per heavy atom. The number of benzene rings is 2. The smallest absolute Gasteiger partial charge is 0.410 e. The van der Waals surface area contributed by atoms with Crippen molar-refractivity contribution in [3.63, 3.8) is 0 Å². The molecular formula is C26H34FN3O4S. The lowest BCUT2D eigenvalue weighted by atomic mass is 9.89. The van der Waals surface area contributed by atoms with E-state index in [0.717, 1.165) is 36.2 Å². The number of piperidine rings is 1. The van der Waals surface area contributed by atoms with Gasteiger partial charge in [0.15, 0.2) is 9.84 Å². The fourth-order valence-electron chi connectivity index (χ4n) is 4.05. The number of amides is 1. The van der Waals surface area contributed by atoms with E-state index < -0.39 is 21.3 Å². The van der Waals surface area contributed by atoms with Crippen molar-refractivity contribution in [2.24, 2.45) is 0 Å². The molecule has 1 aliphatic rings. The maximum Gasteiger partial charge on any atom is 0.410 e. The van der Waals surface area contributed by atoms with Crippen LogP contribution in [0.1, 0.15) is 58.9 Å². The molecule has 0 radical (unpaired) electrons. The number of hydrogen-bond acceptors (Lipinski definition) is 5. The van der Waals surface area contributed by atoms with Crippen LogP contribution in [-0.4, -0.2) is 54.3 Å². The Bertz CT molecular complexity index is 1300. The summed E-state index contributed by atoms with van der Waals surface area (Å²) in [5, 5.41) is 0. The Balaban J connectivity index is 0.00000167. The van der Waals surface area contributed by atoms with Crippen LogP contribution < -0.4 is 0 Å². The SMILES string of the molecule is CC.CC(C)(C)OC(=O)N1CCC(c2ccc3nc(-c4ccc(S(C)(=O)=O)cc4F)[nH]c3c2)CC1. The van der Waals surface area contributed by atoms with Crippen molar-refractivity contribution in [3.8, 4) is 11.4 Å². The zero-order valence-electron chi connectivity index (χ0n) is 21.2. The third-order valence-corrected chi connectivity index (χ3v) is 6.86. The van der Waals surface area contributed by atoms with Crippen LogP contribution >= 0.6 is 0 Å². The monoisotopic (exact) mass is 503 g/mol. The Labute approximate surface area is 206 Å². The number of aromatic amines is 1. The van der Waals surface area contributed by atoms with Crippen LogP contribution in [0.15, 0.2) is 41.3 Å². The molecular weight excluding hydrogens is 469 g/mol. The molecule has 1 amide bonds. The van der Waals surface area contributed by atoms with Crippen molar-refractivity contribution < 1.29 is 22.3 Å². The second kappa shape index (κ2) is 10.4. The van der Waals surface area contributed by atoms with E-state index in [9.17, 15) is 17.6 Å². The second-order valence-electron chi connectivity index (χ2n) is 9.52. The van der Waals surface area contributed by atoms with Gasteiger partial charge in [-0.05, 0) is 75.4 Å². The summed E-state index contributed by atoms with van der Waals surface area (Å²) in [6.07, 6.45) is 2.42. The molecule has 0 bridgehead atoms. The lowest BCUT2D eigenvalue weighted by molar-refractivity contribution is 0.0205. The maximum absolute atomic E-state index is 14.6. The first kappa shape index (κ1) is 26.7. The number of carbonyl (C=O) groups is 1. The first-order valence-electron chi connectivity index (χ1n) is 11.9. The van der Waals surface area contributed by atoms with Crippen LogP contribution in [0, 0.1) is 5.82 Å². The van der Waals surface area contributed by atoms with E-state index in [1.807, 2.05) is 52.8 Å². The fraction of sp³-hybridized carbons (Fsp3) is 0.462. The first-order chi connectivity index (χ1) is 16.4. The average molecular weight is 504 g/mol. The van der Waals surface area contributed by atoms with Crippen LogP contribution in [0.2, 0.25) is 0 Å². The van der Waals surface area contributed by atoms with Gasteiger partial charge in [0, 0.05) is 19.3 Å². The van der Waals surface area contributed by atoms with Gasteiger partial charge in [-0.15, -0.1) is 0 Å². The second-order valence-corrected chi connectivity index (χ2v) is 11.5. The molecule has 0 saturated carbocycles. The molecule has 1 fully saturated rings. The van der Waals surface area contributed by atoms with Gasteiger partial charge in [-0.3, -0.25) is 0 Å². The molecule has 2 aromatic carbocycles. The number of hydrogen-bond donors (Lipinski definition) is 1. The van der Waals surface area contributed by atoms with E-state index in [2.05, 4.69) is 9.97 Å². The van der Waals surface area contributed by atoms with E-state index in [4.69, 9.17) is 4.74 Å². The highest BCUT2D eigenvalue weighted by atomic mass is 32.2. The lowest BCUT2D eigenvalue weighted by Crippen LogP contribution is -2.41. The van der Waals surface area contributed by atoms with Gasteiger partial charge in [0.2, 0.25) is 0 Å². The summed E-state index contributed by atoms with van der Waals surface area (Å²) in [4.78, 5) is 21.6. The molecule has 1 aromatic heterocycles. The zero-order valence-corrected chi connectivity index (χ0v) is 22.0. The predicted octanol–water partition coefficient (Wildman–Crippen LogP) is 5.91. The molecule has 0 spiro atoms. The number of rotatable bonds is 3. The van der Waals surface area contributed by atoms with Crippen molar-refractivity contribution in [1.82, 2.24) is 14.9 Å². The summed E-state index contributed by atoms with van der Waals surface area (Å²) >= 11 is 0. The molecule has 190 valence electrons. The summed E-state index contributed by atoms with van der Waals surface area (Å²) in [5.41, 5.74) is 2.32. The third-order valence-electron chi connectivity index (χ3n) is 5.75. The topological polar surface area (TPSA) is 92.4 Å². The molecule has 9 heteroatoms. The molecule has 0 aliphatic carbocycles. The Hall–Kier alpha value is -2.94. The number of carbonyl (C=O) groups excluding carboxylic acids is 1. The van der Waals surface area contributed by atoms with E-state index in [1.165, 1.54) is 12.1 Å². The number of nitrogens with zero attached hydrogens (tertiary/aromatic N) is 2. The van der Waals surface area contributed by atoms with Crippen molar-refractivity contribution in [3.05, 3.63) is 47.8 Å². The van der Waals surface area contributed by atoms with Gasteiger partial charge in [-0.2, -0.15) is 0 Å². The Morgan fingerprint density at radius 1 is 1.11 bits per heavy atom. The number of fused-ring (bicyclic) bond motifs is 1. The van der Waals surface area contributed by atoms with Crippen LogP contribution in [0.25, 0.3) is 22.4 Å². The maximum atomic E-state index is 14.6. The van der Waals surface area contributed by atoms with Crippen molar-refractivity contribution >= 4 is 27.0 Å². The number of ether oxygens (including phenoxy) is 1. The minimum Gasteiger partial charge on any atom is -0.444 e. The van der Waals surface area contributed by atoms with Crippen LogP contribution in [0.3, 0.4) is 0 Å². The van der Waals surface area contributed by atoms with Gasteiger partial charge in [-0.25, -0.2) is 22.6 Å². The number of sulfone groups is 1. The Morgan fingerprint density at radius 2 is 1.77 bits per heavy atom. The van der Waals surface area contributed by atoms with Gasteiger partial charge < -0.3 is 14.6 Å². The van der Waals surface area contributed by atoms with E-state index >= 15 is 0 Å². The summed E-state index contributed by atoms with van der Waals surface area (Å²) < 4.78 is 43.4. The number of likely N-dealkylation sites (tertiary alicyclic amines) is 1. The quantitative estimate of drug-likeness (QED) is 0.479. The number of H-pyrrole nitrogens is 1. The van der Waals surface area contributed by atoms with Gasteiger partial charge in [0.25, 0.3) is 0 Å². The largest absolute Gasteiger partial charge is 0.444 e. The minimum absolute atomic E-state index is 0.0696. The van der Waals surface area contributed by atoms with Crippen LogP contribution in [-0.2, 0) is 14.6 Å². The molecule has 0 unspecified atom stereocenters. The molecule has 7 nitrogen and oxygen atoms in total. The Kier molecular flexibility index (Phi) is 7.89. The van der Waals surface area contributed by atoms with E-state index in [0.29, 0.717) is 30.3 Å². The molecule has 1 saturated heterocycles. The van der Waals surface area contributed by atoms with Gasteiger partial charge in [0.05, 0.1) is 21.5 Å². The normalized spacial score (nSPS) is 15.0. The van der Waals surface area contributed by atoms with Gasteiger partial charge in [-0.1, -0.05) is 19.9 Å². The van der Waals surface area contributed by atoms with Gasteiger partial charge in [0.1, 0.15) is 17.2 Å². The minimum atomic E-state index is -3.49. The number of nitrogens with one attached hydrogen (secondary N) is 1. The van der Waals surface area contributed by atoms with Crippen LogP contribution in [0.5, 0.6) is 0 Å². The molecule has 35 heavy (non-hydrogen) atoms. The molecule has 0 atom stereocenters. The highest BCUT2D eigenvalue weighted by Gasteiger charge is 2.27. The standard InChI is InChI=1S/C24H28FN3O4S.C2H6/c1-24(2,3)32-23(29)28-11-9-15(10-12-28)16-5-8-20-21(13-16)27-22(26-20)18-7-6-17(14-19(18)25)33(4,30)31;1-2/h5-8,13-15H,9-12H2,1-4H3,(H,26,27);1-2H3. The molecule has 4 rings (SSSR count). The number of halogens is 1. The summed E-state index contributed by atoms with van der Waals surface area (Å²) in [6, 6.07) is 9.75. The highest BCUT2D eigenvalue weighted by molar-refractivity contribution is 7.90. The van der Waals surface area contributed by atoms with E-state index in [1.54, 1.807) is 4.90 Å². The molecule has 3 aromatic rings. The third kappa shape index (κ3) is 6.39. The number of imidazole rings is 1. The van der Waals surface area contributed by atoms with Crippen molar-refractivity contribution in [2.75, 3.05) is 19.3 Å². The van der Waals surface area contributed by atoms with Gasteiger partial charge >= 0.3 is 6.09 Å². The fourth-order valence-corrected chi connectivity index (χ4v) is 4.68. The van der Waals surface area contributed by atoms with E-state index in [-0.39, 0.29) is 16.6 Å². The highest BCUT2D eigenvalue weighted by Crippen LogP contribution is 2.32. The summed E-state index contributed by atoms with van der Waals surface area (Å²) in [6.45, 7) is 10.8. The van der Waals surface area contributed by atoms with Crippen LogP contribution in [0.4, 0.5) is 9.18 Å². The summed E-state index contributed by atoms with van der Waals surface area (Å²) in [7, 11) is -3.49. The zero-order chi connectivity index (χ0) is 26.0. The summed E-state index contributed by atoms with van der Waals surface area (Å²) in [5.74, 6) is -0.00298. The van der Waals surface area contributed by atoms with Crippen molar-refractivity contribution in [1.29, 1.82) is 0 Å². The number of aromatic nitrogens is 2. The van der Waals surface area contributed by atoms with Crippen molar-refractivity contribution in [2.45, 2.75) is 63.9 Å². The lowest BCUT2D eigenvalue weighted by Gasteiger charge is -2.33. The molecule has 1 aliphatic heterocycles. The first-order valence-corrected chi connectivity index (χ1v) is 13.8. The average Bonchev–Trinajstić information content (AvgIpc) is 3.22. The molecule has 1 N–H and O–H groups in total.